The zero-order chi connectivity index (χ0) is 19.6. The number of hydrogen-bond donors (Lipinski definition) is 2. The molecule has 0 saturated carbocycles. The minimum absolute atomic E-state index is 0. The number of nitrogens with zero attached hydrogens (tertiary/aromatic N) is 3. The molecule has 0 aromatic carbocycles. The van der Waals surface area contributed by atoms with Crippen molar-refractivity contribution in [1.82, 2.24) is 20.4 Å². The molecule has 0 aliphatic heterocycles. The molecule has 0 saturated heterocycles. The van der Waals surface area contributed by atoms with Crippen molar-refractivity contribution in [2.45, 2.75) is 73.4 Å². The van der Waals surface area contributed by atoms with Gasteiger partial charge in [0.15, 0.2) is 5.96 Å². The van der Waals surface area contributed by atoms with E-state index in [4.69, 9.17) is 4.74 Å². The van der Waals surface area contributed by atoms with E-state index in [-0.39, 0.29) is 29.4 Å². The molecular weight excluding hydrogens is 453 g/mol. The monoisotopic (exact) mass is 493 g/mol. The van der Waals surface area contributed by atoms with Crippen LogP contribution in [0.5, 0.6) is 0 Å². The van der Waals surface area contributed by atoms with Gasteiger partial charge in [-0.2, -0.15) is 5.10 Å². The molecule has 0 amide bonds. The van der Waals surface area contributed by atoms with E-state index >= 15 is 0 Å². The fraction of sp³-hybridized carbons (Fsp3) is 0.800. The Morgan fingerprint density at radius 3 is 2.52 bits per heavy atom. The number of hydrogen-bond acceptors (Lipinski definition) is 3. The number of aromatic nitrogens is 2. The van der Waals surface area contributed by atoms with Gasteiger partial charge in [0.2, 0.25) is 0 Å². The van der Waals surface area contributed by atoms with Crippen LogP contribution in [0.2, 0.25) is 0 Å². The van der Waals surface area contributed by atoms with E-state index in [1.54, 1.807) is 7.11 Å². The van der Waals surface area contributed by atoms with Gasteiger partial charge >= 0.3 is 0 Å². The first-order valence-electron chi connectivity index (χ1n) is 9.81. The second-order valence-electron chi connectivity index (χ2n) is 7.77. The topological polar surface area (TPSA) is 63.5 Å². The van der Waals surface area contributed by atoms with Gasteiger partial charge in [-0.25, -0.2) is 0 Å². The number of nitrogens with one attached hydrogen (secondary N) is 2. The third-order valence-corrected chi connectivity index (χ3v) is 4.89. The summed E-state index contributed by atoms with van der Waals surface area (Å²) in [7, 11) is 3.54. The third-order valence-electron chi connectivity index (χ3n) is 4.89. The smallest absolute Gasteiger partial charge is 0.191 e. The summed E-state index contributed by atoms with van der Waals surface area (Å²) in [6.07, 6.45) is 5.09. The molecule has 2 N–H and O–H groups in total. The van der Waals surface area contributed by atoms with Crippen LogP contribution in [0.15, 0.2) is 4.99 Å². The first-order chi connectivity index (χ1) is 12.3. The minimum Gasteiger partial charge on any atom is -0.383 e. The summed E-state index contributed by atoms with van der Waals surface area (Å²) in [5.41, 5.74) is 3.74. The van der Waals surface area contributed by atoms with Crippen molar-refractivity contribution >= 4 is 29.9 Å². The molecular formula is C20H40IN5O. The lowest BCUT2D eigenvalue weighted by molar-refractivity contribution is 0.182. The van der Waals surface area contributed by atoms with Crippen LogP contribution in [-0.4, -0.2) is 43.0 Å². The van der Waals surface area contributed by atoms with Gasteiger partial charge in [0.05, 0.1) is 18.8 Å². The fourth-order valence-corrected chi connectivity index (χ4v) is 3.04. The Kier molecular flexibility index (Phi) is 13.0. The summed E-state index contributed by atoms with van der Waals surface area (Å²) >= 11 is 0. The van der Waals surface area contributed by atoms with E-state index in [0.29, 0.717) is 6.61 Å². The summed E-state index contributed by atoms with van der Waals surface area (Å²) in [6, 6.07) is 0. The number of ether oxygens (including phenoxy) is 1. The highest BCUT2D eigenvalue weighted by molar-refractivity contribution is 14.0. The normalized spacial score (nSPS) is 12.0. The highest BCUT2D eigenvalue weighted by Crippen LogP contribution is 2.22. The van der Waals surface area contributed by atoms with Gasteiger partial charge in [-0.05, 0) is 25.7 Å². The summed E-state index contributed by atoms with van der Waals surface area (Å²) in [4.78, 5) is 4.37. The lowest BCUT2D eigenvalue weighted by Crippen LogP contribution is -2.41. The quantitative estimate of drug-likeness (QED) is 0.212. The summed E-state index contributed by atoms with van der Waals surface area (Å²) in [6.45, 7) is 14.1. The summed E-state index contributed by atoms with van der Waals surface area (Å²) < 4.78 is 7.18. The Balaban J connectivity index is 0.00000676. The second kappa shape index (κ2) is 13.4. The zero-order valence-corrected chi connectivity index (χ0v) is 20.6. The Labute approximate surface area is 182 Å². The van der Waals surface area contributed by atoms with E-state index in [9.17, 15) is 0 Å². The standard InChI is InChI=1S/C20H39N5O.HI/c1-8-9-10-11-20(4,5)15-23-19(21-6)22-14-18-16(2)24-25(17(18)3)12-13-26-7;/h8-15H2,1-7H3,(H2,21,22,23);1H. The molecule has 158 valence electrons. The number of aliphatic imine (C=N–C) groups is 1. The molecule has 0 spiro atoms. The van der Waals surface area contributed by atoms with Gasteiger partial charge < -0.3 is 15.4 Å². The maximum atomic E-state index is 5.16. The molecule has 1 aromatic rings. The molecule has 6 nitrogen and oxygen atoms in total. The highest BCUT2D eigenvalue weighted by atomic mass is 127. The molecule has 7 heteroatoms. The Morgan fingerprint density at radius 1 is 1.22 bits per heavy atom. The molecule has 1 rings (SSSR count). The van der Waals surface area contributed by atoms with Crippen LogP contribution in [0.4, 0.5) is 0 Å². The largest absolute Gasteiger partial charge is 0.383 e. The van der Waals surface area contributed by atoms with E-state index in [2.05, 4.69) is 55.3 Å². The van der Waals surface area contributed by atoms with Crippen LogP contribution in [0.3, 0.4) is 0 Å². The van der Waals surface area contributed by atoms with Crippen LogP contribution < -0.4 is 10.6 Å². The molecule has 0 fully saturated rings. The van der Waals surface area contributed by atoms with Gasteiger partial charge in [-0.15, -0.1) is 24.0 Å². The van der Waals surface area contributed by atoms with Gasteiger partial charge in [0.1, 0.15) is 0 Å². The molecule has 0 atom stereocenters. The van der Waals surface area contributed by atoms with Crippen molar-refractivity contribution in [3.8, 4) is 0 Å². The summed E-state index contributed by atoms with van der Waals surface area (Å²) in [5.74, 6) is 0.844. The first-order valence-corrected chi connectivity index (χ1v) is 9.81. The number of rotatable bonds is 11. The number of unbranched alkanes of at least 4 members (excludes halogenated alkanes) is 2. The van der Waals surface area contributed by atoms with Crippen molar-refractivity contribution in [2.75, 3.05) is 27.3 Å². The molecule has 0 radical (unpaired) electrons. The highest BCUT2D eigenvalue weighted by Gasteiger charge is 2.18. The third kappa shape index (κ3) is 9.27. The van der Waals surface area contributed by atoms with Crippen molar-refractivity contribution in [3.63, 3.8) is 0 Å². The van der Waals surface area contributed by atoms with E-state index < -0.39 is 0 Å². The molecule has 0 unspecified atom stereocenters. The van der Waals surface area contributed by atoms with E-state index in [0.717, 1.165) is 31.3 Å². The minimum atomic E-state index is 0. The number of aryl methyl sites for hydroxylation is 1. The van der Waals surface area contributed by atoms with E-state index in [1.807, 2.05) is 11.7 Å². The molecule has 27 heavy (non-hydrogen) atoms. The number of methoxy groups -OCH3 is 1. The Bertz CT molecular complexity index is 569. The van der Waals surface area contributed by atoms with Gasteiger partial charge in [0, 0.05) is 38.5 Å². The molecule has 1 aromatic heterocycles. The predicted molar refractivity (Wildman–Crippen MR) is 125 cm³/mol. The average molecular weight is 493 g/mol. The maximum absolute atomic E-state index is 5.16. The maximum Gasteiger partial charge on any atom is 0.191 e. The molecule has 1 heterocycles. The van der Waals surface area contributed by atoms with Crippen LogP contribution >= 0.6 is 24.0 Å². The van der Waals surface area contributed by atoms with E-state index in [1.165, 1.54) is 36.9 Å². The molecule has 0 bridgehead atoms. The van der Waals surface area contributed by atoms with Crippen LogP contribution in [0.25, 0.3) is 0 Å². The van der Waals surface area contributed by atoms with Crippen LogP contribution in [0, 0.1) is 19.3 Å². The Hall–Kier alpha value is -0.830. The van der Waals surface area contributed by atoms with Gasteiger partial charge in [-0.1, -0.05) is 40.0 Å². The SMILES string of the molecule is CCCCCC(C)(C)CNC(=NC)NCc1c(C)nn(CCOC)c1C.I. The Morgan fingerprint density at radius 2 is 1.93 bits per heavy atom. The van der Waals surface area contributed by atoms with Crippen molar-refractivity contribution in [2.24, 2.45) is 10.4 Å². The lowest BCUT2D eigenvalue weighted by atomic mass is 9.87. The first kappa shape index (κ1) is 26.2. The average Bonchev–Trinajstić information content (AvgIpc) is 2.87. The molecule has 0 aliphatic rings. The lowest BCUT2D eigenvalue weighted by Gasteiger charge is -2.26. The van der Waals surface area contributed by atoms with Gasteiger partial charge in [-0.3, -0.25) is 9.67 Å². The van der Waals surface area contributed by atoms with Crippen molar-refractivity contribution in [1.29, 1.82) is 0 Å². The predicted octanol–water partition coefficient (Wildman–Crippen LogP) is 4.04. The number of guanidine groups is 1. The van der Waals surface area contributed by atoms with Crippen LogP contribution in [-0.2, 0) is 17.8 Å². The molecule has 0 aliphatic carbocycles. The van der Waals surface area contributed by atoms with Crippen molar-refractivity contribution < 1.29 is 4.74 Å². The fourth-order valence-electron chi connectivity index (χ4n) is 3.04. The van der Waals surface area contributed by atoms with Gasteiger partial charge in [0.25, 0.3) is 0 Å². The zero-order valence-electron chi connectivity index (χ0n) is 18.3. The van der Waals surface area contributed by atoms with Crippen molar-refractivity contribution in [3.05, 3.63) is 17.0 Å². The number of halogens is 1. The summed E-state index contributed by atoms with van der Waals surface area (Å²) in [5, 5.41) is 11.5. The second-order valence-corrected chi connectivity index (χ2v) is 7.77. The van der Waals surface area contributed by atoms with Crippen LogP contribution in [0.1, 0.15) is 63.4 Å².